The van der Waals surface area contributed by atoms with Gasteiger partial charge in [-0.25, -0.2) is 0 Å². The van der Waals surface area contributed by atoms with Gasteiger partial charge >= 0.3 is 0 Å². The van der Waals surface area contributed by atoms with Crippen molar-refractivity contribution >= 4 is 44.9 Å². The lowest BCUT2D eigenvalue weighted by atomic mass is 10.1. The second-order valence-corrected chi connectivity index (χ2v) is 8.15. The van der Waals surface area contributed by atoms with E-state index in [4.69, 9.17) is 0 Å². The van der Waals surface area contributed by atoms with Crippen LogP contribution in [0.5, 0.6) is 0 Å². The highest BCUT2D eigenvalue weighted by atomic mass is 32.2. The summed E-state index contributed by atoms with van der Waals surface area (Å²) in [4.78, 5) is 28.2. The van der Waals surface area contributed by atoms with Gasteiger partial charge in [-0.1, -0.05) is 17.4 Å². The summed E-state index contributed by atoms with van der Waals surface area (Å²) in [7, 11) is 0. The van der Waals surface area contributed by atoms with E-state index in [0.717, 1.165) is 27.1 Å². The Kier molecular flexibility index (Phi) is 5.76. The first-order valence-corrected chi connectivity index (χ1v) is 10.5. The molecule has 0 spiro atoms. The second kappa shape index (κ2) is 8.06. The van der Waals surface area contributed by atoms with Gasteiger partial charge in [-0.05, 0) is 49.4 Å². The quantitative estimate of drug-likeness (QED) is 0.471. The summed E-state index contributed by atoms with van der Waals surface area (Å²) in [5, 5.41) is 11.1. The molecule has 6 nitrogen and oxygen atoms in total. The Balaban J connectivity index is 2.12. The average Bonchev–Trinajstić information content (AvgIpc) is 2.98. The number of nitro benzene ring substituents is 1. The smallest absolute Gasteiger partial charge is 0.279 e. The molecule has 0 aliphatic heterocycles. The van der Waals surface area contributed by atoms with Gasteiger partial charge < -0.3 is 4.57 Å². The van der Waals surface area contributed by atoms with Crippen LogP contribution in [0, 0.1) is 24.0 Å². The Morgan fingerprint density at radius 1 is 1.22 bits per heavy atom. The molecular formula is C19H19N3O3S2. The molecule has 0 radical (unpaired) electrons. The highest BCUT2D eigenvalue weighted by Crippen LogP contribution is 2.23. The SMILES string of the molecule is CSCCn1c(=NC(=O)c2ccc(C)c(C)c2)sc2cc([N+](=O)[O-])ccc21. The van der Waals surface area contributed by atoms with E-state index in [1.807, 2.05) is 36.8 Å². The number of carbonyl (C=O) groups is 1. The number of benzene rings is 2. The number of carbonyl (C=O) groups excluding carboxylic acids is 1. The van der Waals surface area contributed by atoms with Gasteiger partial charge in [-0.2, -0.15) is 16.8 Å². The summed E-state index contributed by atoms with van der Waals surface area (Å²) in [6.45, 7) is 4.64. The highest BCUT2D eigenvalue weighted by Gasteiger charge is 2.13. The van der Waals surface area contributed by atoms with Crippen molar-refractivity contribution in [3.63, 3.8) is 0 Å². The van der Waals surface area contributed by atoms with Crippen molar-refractivity contribution in [2.75, 3.05) is 12.0 Å². The predicted octanol–water partition coefficient (Wildman–Crippen LogP) is 4.33. The third-order valence-corrected chi connectivity index (χ3v) is 5.98. The first-order valence-electron chi connectivity index (χ1n) is 8.33. The predicted molar refractivity (Wildman–Crippen MR) is 111 cm³/mol. The monoisotopic (exact) mass is 401 g/mol. The number of thiazole rings is 1. The van der Waals surface area contributed by atoms with E-state index < -0.39 is 4.92 Å². The molecule has 0 saturated heterocycles. The molecule has 2 aromatic carbocycles. The molecule has 3 aromatic rings. The maximum atomic E-state index is 12.7. The number of aryl methyl sites for hydroxylation is 3. The zero-order valence-electron chi connectivity index (χ0n) is 15.3. The van der Waals surface area contributed by atoms with Crippen LogP contribution in [0.15, 0.2) is 41.4 Å². The maximum Gasteiger partial charge on any atom is 0.279 e. The van der Waals surface area contributed by atoms with Crippen molar-refractivity contribution in [2.45, 2.75) is 20.4 Å². The van der Waals surface area contributed by atoms with Crippen LogP contribution in [0.1, 0.15) is 21.5 Å². The van der Waals surface area contributed by atoms with Crippen molar-refractivity contribution in [3.05, 3.63) is 68.0 Å². The van der Waals surface area contributed by atoms with Crippen LogP contribution < -0.4 is 4.80 Å². The molecule has 3 rings (SSSR count). The van der Waals surface area contributed by atoms with E-state index in [1.165, 1.54) is 23.5 Å². The van der Waals surface area contributed by atoms with Gasteiger partial charge in [0.1, 0.15) is 0 Å². The number of nitrogens with zero attached hydrogens (tertiary/aromatic N) is 3. The van der Waals surface area contributed by atoms with Crippen LogP contribution in [-0.2, 0) is 6.54 Å². The molecular weight excluding hydrogens is 382 g/mol. The van der Waals surface area contributed by atoms with E-state index in [-0.39, 0.29) is 11.6 Å². The number of nitro groups is 1. The van der Waals surface area contributed by atoms with Crippen molar-refractivity contribution in [1.29, 1.82) is 0 Å². The van der Waals surface area contributed by atoms with Crippen LogP contribution in [-0.4, -0.2) is 27.4 Å². The molecule has 1 aromatic heterocycles. The number of amides is 1. The van der Waals surface area contributed by atoms with E-state index in [1.54, 1.807) is 23.9 Å². The van der Waals surface area contributed by atoms with Crippen LogP contribution in [0.4, 0.5) is 5.69 Å². The van der Waals surface area contributed by atoms with E-state index in [9.17, 15) is 14.9 Å². The van der Waals surface area contributed by atoms with Crippen molar-refractivity contribution in [3.8, 4) is 0 Å². The standard InChI is InChI=1S/C19H19N3O3S2/c1-12-4-5-14(10-13(12)2)18(23)20-19-21(8-9-26-3)16-7-6-15(22(24)25)11-17(16)27-19/h4-7,10-11H,8-9H2,1-3H3. The number of hydrogen-bond acceptors (Lipinski definition) is 5. The van der Waals surface area contributed by atoms with Crippen LogP contribution in [0.25, 0.3) is 10.2 Å². The fraction of sp³-hybridized carbons (Fsp3) is 0.263. The summed E-state index contributed by atoms with van der Waals surface area (Å²) >= 11 is 2.99. The molecule has 0 unspecified atom stereocenters. The Morgan fingerprint density at radius 3 is 2.67 bits per heavy atom. The first-order chi connectivity index (χ1) is 12.9. The molecule has 0 atom stereocenters. The fourth-order valence-electron chi connectivity index (χ4n) is 2.69. The van der Waals surface area contributed by atoms with Gasteiger partial charge in [0.15, 0.2) is 4.80 Å². The van der Waals surface area contributed by atoms with E-state index >= 15 is 0 Å². The Hall–Kier alpha value is -2.45. The van der Waals surface area contributed by atoms with Crippen LogP contribution >= 0.6 is 23.1 Å². The Morgan fingerprint density at radius 2 is 2.00 bits per heavy atom. The van der Waals surface area contributed by atoms with E-state index in [2.05, 4.69) is 4.99 Å². The normalized spacial score (nSPS) is 11.9. The lowest BCUT2D eigenvalue weighted by Crippen LogP contribution is -2.18. The summed E-state index contributed by atoms with van der Waals surface area (Å²) in [6, 6.07) is 10.3. The molecule has 0 aliphatic rings. The number of hydrogen-bond donors (Lipinski definition) is 0. The van der Waals surface area contributed by atoms with Gasteiger partial charge in [0.05, 0.1) is 15.1 Å². The Bertz CT molecular complexity index is 1100. The number of rotatable bonds is 5. The third kappa shape index (κ3) is 4.12. The number of aromatic nitrogens is 1. The molecule has 27 heavy (non-hydrogen) atoms. The zero-order valence-corrected chi connectivity index (χ0v) is 16.9. The Labute approximate surface area is 164 Å². The molecule has 0 bridgehead atoms. The number of thioether (sulfide) groups is 1. The minimum Gasteiger partial charge on any atom is -0.315 e. The number of fused-ring (bicyclic) bond motifs is 1. The highest BCUT2D eigenvalue weighted by molar-refractivity contribution is 7.98. The molecule has 0 N–H and O–H groups in total. The summed E-state index contributed by atoms with van der Waals surface area (Å²) in [5.41, 5.74) is 3.59. The topological polar surface area (TPSA) is 77.5 Å². The molecule has 0 saturated carbocycles. The van der Waals surface area contributed by atoms with Gasteiger partial charge in [0.25, 0.3) is 11.6 Å². The largest absolute Gasteiger partial charge is 0.315 e. The summed E-state index contributed by atoms with van der Waals surface area (Å²) in [6.07, 6.45) is 2.01. The molecule has 1 heterocycles. The van der Waals surface area contributed by atoms with Gasteiger partial charge in [0.2, 0.25) is 0 Å². The van der Waals surface area contributed by atoms with E-state index in [0.29, 0.717) is 16.9 Å². The van der Waals surface area contributed by atoms with Gasteiger partial charge in [-0.15, -0.1) is 0 Å². The number of non-ortho nitro benzene ring substituents is 1. The molecule has 0 fully saturated rings. The summed E-state index contributed by atoms with van der Waals surface area (Å²) < 4.78 is 2.70. The van der Waals surface area contributed by atoms with Gasteiger partial charge in [0, 0.05) is 30.0 Å². The minimum atomic E-state index is -0.414. The lowest BCUT2D eigenvalue weighted by molar-refractivity contribution is -0.384. The molecule has 1 amide bonds. The van der Waals surface area contributed by atoms with Crippen molar-refractivity contribution < 1.29 is 9.72 Å². The minimum absolute atomic E-state index is 0.0350. The van der Waals surface area contributed by atoms with Crippen LogP contribution in [0.3, 0.4) is 0 Å². The van der Waals surface area contributed by atoms with Crippen LogP contribution in [0.2, 0.25) is 0 Å². The van der Waals surface area contributed by atoms with Crippen molar-refractivity contribution in [1.82, 2.24) is 4.57 Å². The second-order valence-electron chi connectivity index (χ2n) is 6.15. The first kappa shape index (κ1) is 19.3. The maximum absolute atomic E-state index is 12.7. The molecule has 140 valence electrons. The van der Waals surface area contributed by atoms with Crippen molar-refractivity contribution in [2.24, 2.45) is 4.99 Å². The average molecular weight is 402 g/mol. The zero-order chi connectivity index (χ0) is 19.6. The summed E-state index contributed by atoms with van der Waals surface area (Å²) in [5.74, 6) is 0.547. The molecule has 0 aliphatic carbocycles. The fourth-order valence-corrected chi connectivity index (χ4v) is 4.14. The van der Waals surface area contributed by atoms with Gasteiger partial charge in [-0.3, -0.25) is 14.9 Å². The lowest BCUT2D eigenvalue weighted by Gasteiger charge is -2.04. The molecule has 8 heteroatoms. The third-order valence-electron chi connectivity index (χ3n) is 4.35.